The summed E-state index contributed by atoms with van der Waals surface area (Å²) in [5.41, 5.74) is 2.16. The van der Waals surface area contributed by atoms with Gasteiger partial charge in [-0.25, -0.2) is 0 Å². The molecule has 0 aliphatic heterocycles. The summed E-state index contributed by atoms with van der Waals surface area (Å²) < 4.78 is 34.5. The minimum atomic E-state index is -4.27. The fraction of sp³-hybridized carbons (Fsp3) is 0.730. The molecule has 0 saturated heterocycles. The van der Waals surface area contributed by atoms with E-state index in [-0.39, 0.29) is 4.90 Å². The van der Waals surface area contributed by atoms with Gasteiger partial charge in [0.15, 0.2) is 0 Å². The third-order valence-electron chi connectivity index (χ3n) is 8.71. The van der Waals surface area contributed by atoms with Crippen LogP contribution in [0.2, 0.25) is 0 Å². The lowest BCUT2D eigenvalue weighted by molar-refractivity contribution is 0.484. The predicted molar refractivity (Wildman–Crippen MR) is 179 cm³/mol. The average Bonchev–Trinajstić information content (AvgIpc) is 2.95. The van der Waals surface area contributed by atoms with E-state index in [1.165, 1.54) is 135 Å². The summed E-state index contributed by atoms with van der Waals surface area (Å²) in [5.74, 6) is 0. The van der Waals surface area contributed by atoms with Gasteiger partial charge in [-0.1, -0.05) is 167 Å². The Labute approximate surface area is 254 Å². The number of hydrogen-bond acceptors (Lipinski definition) is 2. The summed E-state index contributed by atoms with van der Waals surface area (Å²) in [6.07, 6.45) is 32.2. The zero-order valence-electron chi connectivity index (χ0n) is 26.7. The van der Waals surface area contributed by atoms with Crippen molar-refractivity contribution >= 4 is 20.9 Å². The quantitative estimate of drug-likeness (QED) is 0.0881. The highest BCUT2D eigenvalue weighted by molar-refractivity contribution is 7.86. The molecule has 0 aliphatic carbocycles. The first kappa shape index (κ1) is 35.8. The lowest BCUT2D eigenvalue weighted by Gasteiger charge is -2.11. The van der Waals surface area contributed by atoms with Crippen LogP contribution >= 0.6 is 0 Å². The van der Waals surface area contributed by atoms with E-state index in [9.17, 15) is 13.0 Å². The number of benzene rings is 2. The first-order valence-electron chi connectivity index (χ1n) is 17.5. The summed E-state index contributed by atoms with van der Waals surface area (Å²) in [5, 5.41) is 1.57. The van der Waals surface area contributed by atoms with Crippen LogP contribution in [0.1, 0.15) is 173 Å². The van der Waals surface area contributed by atoms with Crippen LogP contribution in [-0.4, -0.2) is 13.0 Å². The zero-order valence-corrected chi connectivity index (χ0v) is 27.6. The molecule has 0 spiro atoms. The Balaban J connectivity index is 1.66. The van der Waals surface area contributed by atoms with Crippen LogP contribution < -0.4 is 0 Å². The lowest BCUT2D eigenvalue weighted by atomic mass is 9.98. The molecule has 0 aromatic heterocycles. The van der Waals surface area contributed by atoms with E-state index in [0.717, 1.165) is 42.2 Å². The van der Waals surface area contributed by atoms with Crippen molar-refractivity contribution in [3.63, 3.8) is 0 Å². The van der Waals surface area contributed by atoms with Gasteiger partial charge >= 0.3 is 0 Å². The fourth-order valence-electron chi connectivity index (χ4n) is 6.11. The highest BCUT2D eigenvalue weighted by atomic mass is 32.2. The molecule has 2 aromatic carbocycles. The average molecular weight is 587 g/mol. The zero-order chi connectivity index (χ0) is 29.6. The molecule has 0 fully saturated rings. The summed E-state index contributed by atoms with van der Waals surface area (Å²) in [6.45, 7) is 4.51. The molecule has 0 unspecified atom stereocenters. The monoisotopic (exact) mass is 586 g/mol. The van der Waals surface area contributed by atoms with Gasteiger partial charge in [0.2, 0.25) is 0 Å². The normalized spacial score (nSPS) is 12.0. The van der Waals surface area contributed by atoms with E-state index in [1.807, 2.05) is 12.1 Å². The van der Waals surface area contributed by atoms with E-state index < -0.39 is 10.1 Å². The Kier molecular flexibility index (Phi) is 19.4. The standard InChI is InChI=1S/C37H62O3S/c1-3-5-7-9-11-12-13-14-15-16-17-18-19-21-22-24-26-33-28-29-35-30-34(27-25-23-20-10-8-6-4-2)32-37(36(35)31-33)41(38,39)40/h28-32H,3-27H2,1-2H3,(H,38,39,40). The van der Waals surface area contributed by atoms with Gasteiger partial charge in [-0.15, -0.1) is 0 Å². The lowest BCUT2D eigenvalue weighted by Crippen LogP contribution is -2.02. The maximum absolute atomic E-state index is 12.3. The molecule has 0 bridgehead atoms. The van der Waals surface area contributed by atoms with E-state index >= 15 is 0 Å². The van der Waals surface area contributed by atoms with Crippen LogP contribution in [-0.2, 0) is 23.0 Å². The molecule has 2 rings (SSSR count). The van der Waals surface area contributed by atoms with Gasteiger partial charge in [-0.2, -0.15) is 8.42 Å². The van der Waals surface area contributed by atoms with Crippen LogP contribution in [0.4, 0.5) is 0 Å². The largest absolute Gasteiger partial charge is 0.295 e. The van der Waals surface area contributed by atoms with Gasteiger partial charge in [0.25, 0.3) is 10.1 Å². The molecule has 0 aliphatic rings. The van der Waals surface area contributed by atoms with Gasteiger partial charge in [-0.05, 0) is 54.3 Å². The van der Waals surface area contributed by atoms with Crippen molar-refractivity contribution in [1.29, 1.82) is 0 Å². The van der Waals surface area contributed by atoms with Crippen molar-refractivity contribution in [3.05, 3.63) is 41.5 Å². The second kappa shape index (κ2) is 22.2. The van der Waals surface area contributed by atoms with Crippen LogP contribution in [0.25, 0.3) is 10.8 Å². The first-order valence-corrected chi connectivity index (χ1v) is 18.9. The van der Waals surface area contributed by atoms with Crippen molar-refractivity contribution < 1.29 is 13.0 Å². The van der Waals surface area contributed by atoms with Crippen LogP contribution in [0.3, 0.4) is 0 Å². The Hall–Kier alpha value is -1.39. The third-order valence-corrected chi connectivity index (χ3v) is 9.60. The van der Waals surface area contributed by atoms with Gasteiger partial charge in [-0.3, -0.25) is 4.55 Å². The predicted octanol–water partition coefficient (Wildman–Crippen LogP) is 12.2. The summed E-state index contributed by atoms with van der Waals surface area (Å²) in [4.78, 5) is 0.0711. The summed E-state index contributed by atoms with van der Waals surface area (Å²) in [7, 11) is -4.27. The minimum absolute atomic E-state index is 0.0711. The molecule has 0 radical (unpaired) electrons. The topological polar surface area (TPSA) is 54.4 Å². The van der Waals surface area contributed by atoms with E-state index in [0.29, 0.717) is 5.39 Å². The summed E-state index contributed by atoms with van der Waals surface area (Å²) >= 11 is 0. The molecular weight excluding hydrogens is 524 g/mol. The SMILES string of the molecule is CCCCCCCCCCCCCCCCCCc1ccc2cc(CCCCCCCCC)cc(S(=O)(=O)O)c2c1. The summed E-state index contributed by atoms with van der Waals surface area (Å²) in [6, 6.07) is 9.98. The molecule has 0 amide bonds. The molecule has 0 atom stereocenters. The molecule has 234 valence electrons. The second-order valence-electron chi connectivity index (χ2n) is 12.5. The van der Waals surface area contributed by atoms with Crippen LogP contribution in [0, 0.1) is 0 Å². The van der Waals surface area contributed by atoms with Crippen molar-refractivity contribution in [3.8, 4) is 0 Å². The molecule has 0 saturated carbocycles. The van der Waals surface area contributed by atoms with Crippen molar-refractivity contribution in [2.24, 2.45) is 0 Å². The molecular formula is C37H62O3S. The van der Waals surface area contributed by atoms with E-state index in [4.69, 9.17) is 0 Å². The Bertz CT molecular complexity index is 1040. The smallest absolute Gasteiger partial charge is 0.282 e. The highest BCUT2D eigenvalue weighted by Gasteiger charge is 2.16. The van der Waals surface area contributed by atoms with Crippen LogP contribution in [0.5, 0.6) is 0 Å². The number of unbranched alkanes of at least 4 members (excludes halogenated alkanes) is 21. The number of hydrogen-bond donors (Lipinski definition) is 1. The first-order chi connectivity index (χ1) is 20.0. The Morgan fingerprint density at radius 3 is 1.29 bits per heavy atom. The van der Waals surface area contributed by atoms with E-state index in [2.05, 4.69) is 26.0 Å². The van der Waals surface area contributed by atoms with Crippen molar-refractivity contribution in [2.75, 3.05) is 0 Å². The van der Waals surface area contributed by atoms with Crippen LogP contribution in [0.15, 0.2) is 35.2 Å². The number of aryl methyl sites for hydroxylation is 2. The van der Waals surface area contributed by atoms with Gasteiger partial charge in [0.05, 0.1) is 0 Å². The molecule has 41 heavy (non-hydrogen) atoms. The molecule has 3 nitrogen and oxygen atoms in total. The Morgan fingerprint density at radius 2 is 0.878 bits per heavy atom. The highest BCUT2D eigenvalue weighted by Crippen LogP contribution is 2.28. The third kappa shape index (κ3) is 16.1. The number of fused-ring (bicyclic) bond motifs is 1. The Morgan fingerprint density at radius 1 is 0.488 bits per heavy atom. The minimum Gasteiger partial charge on any atom is -0.282 e. The maximum Gasteiger partial charge on any atom is 0.295 e. The van der Waals surface area contributed by atoms with Crippen molar-refractivity contribution in [1.82, 2.24) is 0 Å². The molecule has 0 heterocycles. The molecule has 2 aromatic rings. The fourth-order valence-corrected chi connectivity index (χ4v) is 6.86. The number of rotatable bonds is 26. The van der Waals surface area contributed by atoms with Crippen molar-refractivity contribution in [2.45, 2.75) is 179 Å². The molecule has 1 N–H and O–H groups in total. The van der Waals surface area contributed by atoms with Gasteiger partial charge < -0.3 is 0 Å². The molecule has 4 heteroatoms. The van der Waals surface area contributed by atoms with E-state index in [1.54, 1.807) is 6.07 Å². The van der Waals surface area contributed by atoms with Gasteiger partial charge in [0, 0.05) is 5.39 Å². The van der Waals surface area contributed by atoms with Gasteiger partial charge in [0.1, 0.15) is 4.90 Å². The maximum atomic E-state index is 12.3. The second-order valence-corrected chi connectivity index (χ2v) is 13.9.